The number of hydrogen-bond acceptors (Lipinski definition) is 11. The first-order valence-electron chi connectivity index (χ1n) is 34.9. The molecule has 12 nitrogen and oxygen atoms in total. The van der Waals surface area contributed by atoms with Crippen molar-refractivity contribution >= 4 is 23.9 Å². The molecule has 85 heavy (non-hydrogen) atoms. The fourth-order valence-electron chi connectivity index (χ4n) is 10.5. The Morgan fingerprint density at radius 1 is 0.400 bits per heavy atom. The lowest BCUT2D eigenvalue weighted by atomic mass is 9.98. The molecule has 0 radical (unpaired) electrons. The monoisotopic (exact) mass is 1190 g/mol. The van der Waals surface area contributed by atoms with Crippen LogP contribution >= 0.6 is 0 Å². The third kappa shape index (κ3) is 49.8. The van der Waals surface area contributed by atoms with Crippen molar-refractivity contribution in [2.75, 3.05) is 13.2 Å². The number of esters is 3. The van der Waals surface area contributed by atoms with E-state index in [-0.39, 0.29) is 25.9 Å². The SMILES string of the molecule is CC/C=C\C/C=C\C/C=C\C/C=C\CCCCCCCCC(=O)OCC(COC1OC(C(=O)O)C(O)C(O)C1OC(=O)CCCCCCCCCCCCCCCCCCC)OC(=O)CCCCCCCCCCC/C=C\C/C=C\CCCCC. The lowest BCUT2D eigenvalue weighted by molar-refractivity contribution is -0.301. The summed E-state index contributed by atoms with van der Waals surface area (Å²) < 4.78 is 28.6. The van der Waals surface area contributed by atoms with Gasteiger partial charge in [-0.2, -0.15) is 0 Å². The summed E-state index contributed by atoms with van der Waals surface area (Å²) in [6, 6.07) is 0. The number of carbonyl (C=O) groups is 4. The second-order valence-corrected chi connectivity index (χ2v) is 23.8. The van der Waals surface area contributed by atoms with Gasteiger partial charge in [0.25, 0.3) is 0 Å². The number of ether oxygens (including phenoxy) is 5. The van der Waals surface area contributed by atoms with Crippen LogP contribution in [0.25, 0.3) is 0 Å². The van der Waals surface area contributed by atoms with Crippen LogP contribution in [0.2, 0.25) is 0 Å². The van der Waals surface area contributed by atoms with Crippen LogP contribution in [0.4, 0.5) is 0 Å². The van der Waals surface area contributed by atoms with Gasteiger partial charge in [0.05, 0.1) is 6.61 Å². The van der Waals surface area contributed by atoms with Crippen molar-refractivity contribution in [3.05, 3.63) is 72.9 Å². The Labute approximate surface area is 518 Å². The molecule has 0 spiro atoms. The number of carboxylic acid groups (broad SMARTS) is 1. The van der Waals surface area contributed by atoms with Gasteiger partial charge in [0.15, 0.2) is 24.6 Å². The first kappa shape index (κ1) is 79.2. The molecule has 1 fully saturated rings. The minimum Gasteiger partial charge on any atom is -0.479 e. The fraction of sp³-hybridized carbons (Fsp3) is 0.781. The molecule has 1 aliphatic heterocycles. The predicted molar refractivity (Wildman–Crippen MR) is 349 cm³/mol. The number of rotatable bonds is 60. The quantitative estimate of drug-likeness (QED) is 0.0228. The van der Waals surface area contributed by atoms with E-state index < -0.39 is 67.3 Å². The van der Waals surface area contributed by atoms with Gasteiger partial charge >= 0.3 is 23.9 Å². The smallest absolute Gasteiger partial charge is 0.335 e. The summed E-state index contributed by atoms with van der Waals surface area (Å²) in [5, 5.41) is 31.7. The van der Waals surface area contributed by atoms with Crippen LogP contribution < -0.4 is 0 Å². The second kappa shape index (κ2) is 60.4. The van der Waals surface area contributed by atoms with Gasteiger partial charge in [-0.05, 0) is 89.9 Å². The van der Waals surface area contributed by atoms with Crippen LogP contribution in [-0.2, 0) is 42.9 Å². The number of carboxylic acids is 1. The minimum absolute atomic E-state index is 0.0613. The molecular formula is C73H126O12. The number of allylic oxidation sites excluding steroid dienone is 12. The molecule has 1 aliphatic rings. The molecule has 3 N–H and O–H groups in total. The Bertz CT molecular complexity index is 1750. The predicted octanol–water partition coefficient (Wildman–Crippen LogP) is 19.2. The van der Waals surface area contributed by atoms with E-state index in [0.29, 0.717) is 19.3 Å². The van der Waals surface area contributed by atoms with E-state index in [1.165, 1.54) is 128 Å². The van der Waals surface area contributed by atoms with Crippen LogP contribution in [0.15, 0.2) is 72.9 Å². The summed E-state index contributed by atoms with van der Waals surface area (Å²) in [7, 11) is 0. The Kier molecular flexibility index (Phi) is 56.3. The molecule has 0 aliphatic carbocycles. The zero-order chi connectivity index (χ0) is 61.7. The van der Waals surface area contributed by atoms with E-state index in [4.69, 9.17) is 23.7 Å². The topological polar surface area (TPSA) is 175 Å². The van der Waals surface area contributed by atoms with Crippen molar-refractivity contribution < 1.29 is 58.2 Å². The van der Waals surface area contributed by atoms with Gasteiger partial charge in [0.2, 0.25) is 0 Å². The Morgan fingerprint density at radius 2 is 0.741 bits per heavy atom. The average Bonchev–Trinajstić information content (AvgIpc) is 3.46. The van der Waals surface area contributed by atoms with E-state index in [0.717, 1.165) is 128 Å². The number of aliphatic carboxylic acids is 1. The summed E-state index contributed by atoms with van der Waals surface area (Å²) in [6.07, 6.45) is 65.6. The molecule has 0 aromatic heterocycles. The molecule has 6 atom stereocenters. The van der Waals surface area contributed by atoms with Gasteiger partial charge in [0, 0.05) is 19.3 Å². The van der Waals surface area contributed by atoms with E-state index in [9.17, 15) is 34.5 Å². The summed E-state index contributed by atoms with van der Waals surface area (Å²) >= 11 is 0. The molecule has 0 saturated carbocycles. The van der Waals surface area contributed by atoms with Gasteiger partial charge in [0.1, 0.15) is 18.8 Å². The maximum absolute atomic E-state index is 13.2. The van der Waals surface area contributed by atoms with E-state index in [2.05, 4.69) is 93.7 Å². The van der Waals surface area contributed by atoms with Crippen LogP contribution in [-0.4, -0.2) is 89.2 Å². The minimum atomic E-state index is -1.91. The molecule has 0 aromatic rings. The highest BCUT2D eigenvalue weighted by Crippen LogP contribution is 2.27. The van der Waals surface area contributed by atoms with Crippen LogP contribution in [0.1, 0.15) is 316 Å². The lowest BCUT2D eigenvalue weighted by Gasteiger charge is -2.40. The van der Waals surface area contributed by atoms with Crippen LogP contribution in [0.3, 0.4) is 0 Å². The molecular weight excluding hydrogens is 1070 g/mol. The van der Waals surface area contributed by atoms with E-state index >= 15 is 0 Å². The molecule has 0 amide bonds. The largest absolute Gasteiger partial charge is 0.479 e. The van der Waals surface area contributed by atoms with Crippen LogP contribution in [0, 0.1) is 0 Å². The highest BCUT2D eigenvalue weighted by atomic mass is 16.7. The van der Waals surface area contributed by atoms with Crippen molar-refractivity contribution in [3.8, 4) is 0 Å². The first-order chi connectivity index (χ1) is 41.6. The number of aliphatic hydroxyl groups excluding tert-OH is 2. The van der Waals surface area contributed by atoms with Crippen molar-refractivity contribution in [1.82, 2.24) is 0 Å². The number of aliphatic hydroxyl groups is 2. The molecule has 12 heteroatoms. The highest BCUT2D eigenvalue weighted by molar-refractivity contribution is 5.74. The standard InChI is InChI=1S/C73H126O12/c1-4-7-10-13-16-19-22-25-28-31-33-36-38-41-44-47-50-53-56-59-65(74)81-62-64(83-66(75)60-57-54-51-48-45-42-40-37-34-32-29-26-23-20-17-14-11-8-5-2)63-82-73-71(69(78)68(77)70(85-73)72(79)80)84-67(76)61-58-55-52-49-46-43-39-35-30-27-24-21-18-15-12-9-6-3/h7,10,16-17,19-20,25-26,28-29,33,36,64,68-71,73,77-78H,4-6,8-9,11-15,18,21-24,27,30-32,34-35,37-63H2,1-3H3,(H,79,80)/b10-7-,19-16-,20-17-,28-25-,29-26-,36-33-. The van der Waals surface area contributed by atoms with Crippen molar-refractivity contribution in [2.45, 2.75) is 353 Å². The number of hydrogen-bond donors (Lipinski definition) is 3. The number of unbranched alkanes of at least 4 members (excludes halogenated alkanes) is 34. The molecule has 0 aromatic carbocycles. The molecule has 1 heterocycles. The normalized spacial score (nSPS) is 17.9. The molecule has 1 rings (SSSR count). The molecule has 0 bridgehead atoms. The van der Waals surface area contributed by atoms with Crippen molar-refractivity contribution in [1.29, 1.82) is 0 Å². The van der Waals surface area contributed by atoms with Gasteiger partial charge < -0.3 is 39.0 Å². The number of carbonyl (C=O) groups excluding carboxylic acids is 3. The average molecular weight is 1200 g/mol. The Morgan fingerprint density at radius 3 is 1.15 bits per heavy atom. The summed E-state index contributed by atoms with van der Waals surface area (Å²) in [5.74, 6) is -3.12. The van der Waals surface area contributed by atoms with Gasteiger partial charge in [-0.25, -0.2) is 4.79 Å². The molecule has 6 unspecified atom stereocenters. The van der Waals surface area contributed by atoms with Crippen LogP contribution in [0.5, 0.6) is 0 Å². The van der Waals surface area contributed by atoms with E-state index in [1.54, 1.807) is 0 Å². The van der Waals surface area contributed by atoms with Crippen molar-refractivity contribution in [3.63, 3.8) is 0 Å². The van der Waals surface area contributed by atoms with Gasteiger partial charge in [-0.15, -0.1) is 0 Å². The maximum atomic E-state index is 13.2. The maximum Gasteiger partial charge on any atom is 0.335 e. The van der Waals surface area contributed by atoms with Crippen molar-refractivity contribution in [2.24, 2.45) is 0 Å². The van der Waals surface area contributed by atoms with Gasteiger partial charge in [-0.3, -0.25) is 14.4 Å². The summed E-state index contributed by atoms with van der Waals surface area (Å²) in [4.78, 5) is 51.5. The Balaban J connectivity index is 2.64. The summed E-state index contributed by atoms with van der Waals surface area (Å²) in [6.45, 7) is 5.90. The third-order valence-corrected chi connectivity index (χ3v) is 15.8. The Hall–Kier alpha value is -3.84. The lowest BCUT2D eigenvalue weighted by Crippen LogP contribution is -2.61. The molecule has 1 saturated heterocycles. The second-order valence-electron chi connectivity index (χ2n) is 23.8. The zero-order valence-electron chi connectivity index (χ0n) is 54.3. The third-order valence-electron chi connectivity index (χ3n) is 15.8. The van der Waals surface area contributed by atoms with Gasteiger partial charge in [-0.1, -0.05) is 280 Å². The molecule has 490 valence electrons. The first-order valence-corrected chi connectivity index (χ1v) is 34.9. The zero-order valence-corrected chi connectivity index (χ0v) is 54.3. The summed E-state index contributed by atoms with van der Waals surface area (Å²) in [5.41, 5.74) is 0. The highest BCUT2D eigenvalue weighted by Gasteiger charge is 2.50. The fourth-order valence-corrected chi connectivity index (χ4v) is 10.5. The van der Waals surface area contributed by atoms with E-state index in [1.807, 2.05) is 0 Å².